The van der Waals surface area contributed by atoms with Crippen LogP contribution in [0.25, 0.3) is 0 Å². The van der Waals surface area contributed by atoms with Gasteiger partial charge in [0.05, 0.1) is 39.0 Å². The number of rotatable bonds is 16. The Morgan fingerprint density at radius 3 is 2.18 bits per heavy atom. The summed E-state index contributed by atoms with van der Waals surface area (Å²) >= 11 is 0. The third kappa shape index (κ3) is 20.5. The van der Waals surface area contributed by atoms with Crippen molar-refractivity contribution >= 4 is 12.1 Å². The van der Waals surface area contributed by atoms with Crippen LogP contribution in [0.4, 0.5) is 4.79 Å². The number of carbonyl (C=O) groups is 2. The van der Waals surface area contributed by atoms with E-state index in [-0.39, 0.29) is 31.1 Å². The molecule has 0 aliphatic rings. The number of nitrogens with two attached hydrogens (primary N) is 1. The SMILES string of the molecule is C=C(C)C(O)C(CC(=O)OCc1ccccc1)NC(C)C.CC(C)(C)OC(=O)NCCOCCOCCN. The lowest BCUT2D eigenvalue weighted by Gasteiger charge is -2.25. The van der Waals surface area contributed by atoms with Gasteiger partial charge in [-0.1, -0.05) is 56.3 Å². The Hall–Kier alpha value is -2.50. The van der Waals surface area contributed by atoms with Gasteiger partial charge in [0.1, 0.15) is 12.2 Å². The fourth-order valence-corrected chi connectivity index (χ4v) is 2.95. The molecule has 1 aromatic rings. The topological polar surface area (TPSA) is 141 Å². The number of aliphatic hydroxyl groups excluding tert-OH is 1. The summed E-state index contributed by atoms with van der Waals surface area (Å²) in [6.45, 7) is 18.0. The number of aliphatic hydroxyl groups is 1. The Labute approximate surface area is 228 Å². The van der Waals surface area contributed by atoms with E-state index in [1.165, 1.54) is 0 Å². The molecule has 0 aliphatic carbocycles. The monoisotopic (exact) mass is 539 g/mol. The first kappa shape index (κ1) is 35.5. The second kappa shape index (κ2) is 20.5. The van der Waals surface area contributed by atoms with E-state index in [4.69, 9.17) is 24.7 Å². The van der Waals surface area contributed by atoms with Gasteiger partial charge >= 0.3 is 12.1 Å². The molecule has 2 unspecified atom stereocenters. The Bertz CT molecular complexity index is 782. The normalized spacial score (nSPS) is 12.7. The zero-order valence-electron chi connectivity index (χ0n) is 24.0. The highest BCUT2D eigenvalue weighted by atomic mass is 16.6. The van der Waals surface area contributed by atoms with Gasteiger partial charge in [-0.3, -0.25) is 4.79 Å². The van der Waals surface area contributed by atoms with Crippen molar-refractivity contribution in [3.8, 4) is 0 Å². The molecule has 1 aromatic carbocycles. The number of hydrogen-bond acceptors (Lipinski definition) is 9. The average Bonchev–Trinajstić information content (AvgIpc) is 2.83. The van der Waals surface area contributed by atoms with E-state index < -0.39 is 17.8 Å². The third-order valence-corrected chi connectivity index (χ3v) is 4.61. The first-order valence-corrected chi connectivity index (χ1v) is 13.0. The van der Waals surface area contributed by atoms with Crippen LogP contribution in [-0.2, 0) is 30.3 Å². The molecule has 1 rings (SSSR count). The fraction of sp³-hybridized carbons (Fsp3) is 0.643. The van der Waals surface area contributed by atoms with Gasteiger partial charge < -0.3 is 40.4 Å². The summed E-state index contributed by atoms with van der Waals surface area (Å²) in [4.78, 5) is 23.1. The summed E-state index contributed by atoms with van der Waals surface area (Å²) in [6.07, 6.45) is -1.09. The molecule has 218 valence electrons. The van der Waals surface area contributed by atoms with Gasteiger partial charge in [0.15, 0.2) is 0 Å². The molecule has 0 aliphatic heterocycles. The number of alkyl carbamates (subject to hydrolysis) is 1. The maximum absolute atomic E-state index is 11.9. The first-order valence-electron chi connectivity index (χ1n) is 13.0. The second-order valence-electron chi connectivity index (χ2n) is 10.0. The van der Waals surface area contributed by atoms with Gasteiger partial charge in [-0.05, 0) is 33.3 Å². The zero-order valence-corrected chi connectivity index (χ0v) is 24.0. The largest absolute Gasteiger partial charge is 0.461 e. The van der Waals surface area contributed by atoms with Crippen LogP contribution >= 0.6 is 0 Å². The van der Waals surface area contributed by atoms with E-state index in [9.17, 15) is 14.7 Å². The number of hydrogen-bond donors (Lipinski definition) is 4. The van der Waals surface area contributed by atoms with Crippen molar-refractivity contribution < 1.29 is 33.6 Å². The number of carbonyl (C=O) groups excluding carboxylic acids is 2. The van der Waals surface area contributed by atoms with E-state index >= 15 is 0 Å². The lowest BCUT2D eigenvalue weighted by molar-refractivity contribution is -0.146. The van der Waals surface area contributed by atoms with Gasteiger partial charge in [0, 0.05) is 25.2 Å². The minimum absolute atomic E-state index is 0.110. The molecule has 10 nitrogen and oxygen atoms in total. The summed E-state index contributed by atoms with van der Waals surface area (Å²) < 4.78 is 20.6. The van der Waals surface area contributed by atoms with E-state index in [0.29, 0.717) is 45.1 Å². The fourth-order valence-electron chi connectivity index (χ4n) is 2.95. The third-order valence-electron chi connectivity index (χ3n) is 4.61. The first-order chi connectivity index (χ1) is 17.9. The Balaban J connectivity index is 0.000000739. The molecular formula is C28H49N3O7. The molecule has 0 spiro atoms. The number of esters is 1. The molecule has 0 saturated carbocycles. The van der Waals surface area contributed by atoms with E-state index in [0.717, 1.165) is 5.56 Å². The minimum Gasteiger partial charge on any atom is -0.461 e. The van der Waals surface area contributed by atoms with Crippen molar-refractivity contribution in [2.75, 3.05) is 39.5 Å². The smallest absolute Gasteiger partial charge is 0.407 e. The van der Waals surface area contributed by atoms with Crippen LogP contribution in [0, 0.1) is 0 Å². The Kier molecular flexibility index (Phi) is 19.1. The van der Waals surface area contributed by atoms with Crippen LogP contribution < -0.4 is 16.4 Å². The molecule has 0 saturated heterocycles. The predicted octanol–water partition coefficient (Wildman–Crippen LogP) is 2.93. The van der Waals surface area contributed by atoms with Gasteiger partial charge in [-0.15, -0.1) is 0 Å². The van der Waals surface area contributed by atoms with Crippen molar-refractivity contribution in [2.45, 2.75) is 78.4 Å². The zero-order chi connectivity index (χ0) is 29.0. The quantitative estimate of drug-likeness (QED) is 0.142. The minimum atomic E-state index is -0.767. The van der Waals surface area contributed by atoms with E-state index in [2.05, 4.69) is 17.2 Å². The van der Waals surface area contributed by atoms with Crippen LogP contribution in [0.5, 0.6) is 0 Å². The van der Waals surface area contributed by atoms with Crippen molar-refractivity contribution in [1.29, 1.82) is 0 Å². The van der Waals surface area contributed by atoms with Crippen LogP contribution in [-0.4, -0.2) is 80.5 Å². The molecule has 0 heterocycles. The second-order valence-corrected chi connectivity index (χ2v) is 10.0. The highest BCUT2D eigenvalue weighted by molar-refractivity contribution is 5.70. The molecule has 10 heteroatoms. The van der Waals surface area contributed by atoms with Gasteiger partial charge in [-0.2, -0.15) is 0 Å². The van der Waals surface area contributed by atoms with Crippen LogP contribution in [0.2, 0.25) is 0 Å². The van der Waals surface area contributed by atoms with Crippen LogP contribution in [0.1, 0.15) is 53.5 Å². The summed E-state index contributed by atoms with van der Waals surface area (Å²) in [5.41, 5.74) is 6.35. The molecule has 2 atom stereocenters. The summed E-state index contributed by atoms with van der Waals surface area (Å²) in [5.74, 6) is -0.336. The standard InChI is InChI=1S/C17H25NO3.C11H24N2O4/c1-12(2)17(20)15(18-13(3)4)10-16(19)21-11-14-8-6-5-7-9-14;1-11(2,3)17-10(14)13-5-7-16-9-8-15-6-4-12/h5-9,13,15,17-18,20H,1,10-11H2,2-4H3;4-9,12H2,1-3H3,(H,13,14). The maximum atomic E-state index is 11.9. The summed E-state index contributed by atoms with van der Waals surface area (Å²) in [7, 11) is 0. The highest BCUT2D eigenvalue weighted by Gasteiger charge is 2.24. The van der Waals surface area contributed by atoms with Crippen molar-refractivity contribution in [2.24, 2.45) is 5.73 Å². The molecule has 0 bridgehead atoms. The highest BCUT2D eigenvalue weighted by Crippen LogP contribution is 2.11. The molecule has 0 aromatic heterocycles. The van der Waals surface area contributed by atoms with Crippen LogP contribution in [0.15, 0.2) is 42.5 Å². The molecular weight excluding hydrogens is 490 g/mol. The number of ether oxygens (including phenoxy) is 4. The van der Waals surface area contributed by atoms with Crippen molar-refractivity contribution in [1.82, 2.24) is 10.6 Å². The lowest BCUT2D eigenvalue weighted by atomic mass is 10.0. The van der Waals surface area contributed by atoms with E-state index in [1.54, 1.807) is 6.92 Å². The summed E-state index contributed by atoms with van der Waals surface area (Å²) in [6, 6.07) is 9.29. The Morgan fingerprint density at radius 2 is 1.66 bits per heavy atom. The van der Waals surface area contributed by atoms with Crippen molar-refractivity contribution in [3.63, 3.8) is 0 Å². The van der Waals surface area contributed by atoms with Crippen molar-refractivity contribution in [3.05, 3.63) is 48.0 Å². The lowest BCUT2D eigenvalue weighted by Crippen LogP contribution is -2.45. The maximum Gasteiger partial charge on any atom is 0.407 e. The molecule has 0 radical (unpaired) electrons. The molecule has 5 N–H and O–H groups in total. The van der Waals surface area contributed by atoms with Crippen LogP contribution in [0.3, 0.4) is 0 Å². The summed E-state index contributed by atoms with van der Waals surface area (Å²) in [5, 5.41) is 15.9. The van der Waals surface area contributed by atoms with Gasteiger partial charge in [0.25, 0.3) is 0 Å². The average molecular weight is 540 g/mol. The molecule has 0 fully saturated rings. The predicted molar refractivity (Wildman–Crippen MR) is 149 cm³/mol. The number of benzene rings is 1. The van der Waals surface area contributed by atoms with E-state index in [1.807, 2.05) is 65.0 Å². The number of nitrogens with one attached hydrogen (secondary N) is 2. The van der Waals surface area contributed by atoms with Gasteiger partial charge in [-0.25, -0.2) is 4.79 Å². The molecule has 1 amide bonds. The molecule has 38 heavy (non-hydrogen) atoms. The Morgan fingerprint density at radius 1 is 1.05 bits per heavy atom. The van der Waals surface area contributed by atoms with Gasteiger partial charge in [0.2, 0.25) is 0 Å². The number of amides is 1.